The summed E-state index contributed by atoms with van der Waals surface area (Å²) in [5, 5.41) is 0.332. The molecule has 0 fully saturated rings. The van der Waals surface area contributed by atoms with Gasteiger partial charge in [0.1, 0.15) is 11.3 Å². The molecule has 0 spiro atoms. The minimum atomic E-state index is -3.77. The van der Waals surface area contributed by atoms with Gasteiger partial charge < -0.3 is 0 Å². The quantitative estimate of drug-likeness (QED) is 0.257. The summed E-state index contributed by atoms with van der Waals surface area (Å²) < 4.78 is 42.5. The van der Waals surface area contributed by atoms with Gasteiger partial charge in [-0.3, -0.25) is 14.7 Å². The zero-order valence-electron chi connectivity index (χ0n) is 20.4. The van der Waals surface area contributed by atoms with Crippen LogP contribution >= 0.6 is 11.3 Å². The molecule has 0 saturated carbocycles. The lowest BCUT2D eigenvalue weighted by molar-refractivity contribution is 0.0985. The van der Waals surface area contributed by atoms with Crippen LogP contribution in [0.3, 0.4) is 0 Å². The number of pyridine rings is 1. The highest BCUT2D eigenvalue weighted by Crippen LogP contribution is 2.32. The van der Waals surface area contributed by atoms with Gasteiger partial charge in [-0.15, -0.1) is 0 Å². The molecule has 38 heavy (non-hydrogen) atoms. The predicted molar refractivity (Wildman–Crippen MR) is 146 cm³/mol. The third-order valence-corrected chi connectivity index (χ3v) is 8.82. The Morgan fingerprint density at radius 2 is 1.63 bits per heavy atom. The number of hydrogen-bond donors (Lipinski definition) is 0. The van der Waals surface area contributed by atoms with E-state index >= 15 is 0 Å². The van der Waals surface area contributed by atoms with E-state index in [1.165, 1.54) is 57.9 Å². The van der Waals surface area contributed by atoms with Crippen LogP contribution in [-0.4, -0.2) is 35.6 Å². The maximum Gasteiger partial charge on any atom is 0.260 e. The van der Waals surface area contributed by atoms with Crippen LogP contribution in [0.4, 0.5) is 9.52 Å². The lowest BCUT2D eigenvalue weighted by atomic mass is 10.2. The number of benzene rings is 3. The molecule has 0 saturated heterocycles. The molecule has 0 bridgehead atoms. The molecule has 0 atom stereocenters. The lowest BCUT2D eigenvalue weighted by Crippen LogP contribution is -2.30. The van der Waals surface area contributed by atoms with Gasteiger partial charge in [-0.2, -0.15) is 4.31 Å². The molecule has 5 aromatic rings. The third kappa shape index (κ3) is 5.33. The third-order valence-electron chi connectivity index (χ3n) is 5.96. The molecule has 5 rings (SSSR count). The summed E-state index contributed by atoms with van der Waals surface area (Å²) in [7, 11) is -2.26. The minimum absolute atomic E-state index is 0.0772. The Labute approximate surface area is 223 Å². The van der Waals surface area contributed by atoms with E-state index in [4.69, 9.17) is 0 Å². The number of nitrogens with zero attached hydrogens (tertiary/aromatic N) is 4. The van der Waals surface area contributed by atoms with Gasteiger partial charge in [-0.05, 0) is 53.6 Å². The number of carbonyl (C=O) groups is 1. The second kappa shape index (κ2) is 10.8. The van der Waals surface area contributed by atoms with Crippen molar-refractivity contribution in [2.45, 2.75) is 18.0 Å². The lowest BCUT2D eigenvalue weighted by Gasteiger charge is -2.21. The molecule has 2 aromatic heterocycles. The first-order valence-electron chi connectivity index (χ1n) is 11.7. The fourth-order valence-electron chi connectivity index (χ4n) is 3.95. The van der Waals surface area contributed by atoms with E-state index in [1.54, 1.807) is 30.6 Å². The Bertz CT molecular complexity index is 1680. The van der Waals surface area contributed by atoms with Crippen LogP contribution in [0.25, 0.3) is 10.2 Å². The maximum atomic E-state index is 14.3. The first-order chi connectivity index (χ1) is 18.3. The summed E-state index contributed by atoms with van der Waals surface area (Å²) in [5.41, 5.74) is 2.10. The smallest absolute Gasteiger partial charge is 0.260 e. The van der Waals surface area contributed by atoms with Gasteiger partial charge >= 0.3 is 0 Å². The van der Waals surface area contributed by atoms with Crippen LogP contribution in [0.1, 0.15) is 21.5 Å². The zero-order chi connectivity index (χ0) is 26.7. The Kier molecular flexibility index (Phi) is 7.28. The summed E-state index contributed by atoms with van der Waals surface area (Å²) in [4.78, 5) is 23.7. The van der Waals surface area contributed by atoms with Gasteiger partial charge in [0.15, 0.2) is 5.13 Å². The molecule has 0 radical (unpaired) electrons. The number of hydrogen-bond acceptors (Lipinski definition) is 6. The first kappa shape index (κ1) is 25.7. The predicted octanol–water partition coefficient (Wildman–Crippen LogP) is 5.50. The average Bonchev–Trinajstić information content (AvgIpc) is 3.38. The summed E-state index contributed by atoms with van der Waals surface area (Å²) in [5.74, 6) is -0.858. The topological polar surface area (TPSA) is 83.5 Å². The molecule has 0 N–H and O–H groups in total. The van der Waals surface area contributed by atoms with E-state index in [1.807, 2.05) is 36.4 Å². The summed E-state index contributed by atoms with van der Waals surface area (Å²) in [6.07, 6.45) is 3.28. The second-order valence-corrected chi connectivity index (χ2v) is 11.7. The number of rotatable bonds is 8. The second-order valence-electron chi connectivity index (χ2n) is 8.61. The van der Waals surface area contributed by atoms with Gasteiger partial charge in [0.2, 0.25) is 10.0 Å². The monoisotopic (exact) mass is 546 g/mol. The van der Waals surface area contributed by atoms with E-state index in [9.17, 15) is 17.6 Å². The highest BCUT2D eigenvalue weighted by Gasteiger charge is 2.25. The Morgan fingerprint density at radius 1 is 0.895 bits per heavy atom. The van der Waals surface area contributed by atoms with Crippen LogP contribution in [0.15, 0.2) is 102 Å². The molecular formula is C28H23FN4O3S2. The number of carbonyl (C=O) groups excluding carboxylic acids is 1. The van der Waals surface area contributed by atoms with Gasteiger partial charge in [0.25, 0.3) is 5.91 Å². The molecule has 1 amide bonds. The van der Waals surface area contributed by atoms with E-state index in [0.717, 1.165) is 11.1 Å². The van der Waals surface area contributed by atoms with Crippen LogP contribution in [-0.2, 0) is 23.1 Å². The Hall–Kier alpha value is -3.99. The summed E-state index contributed by atoms with van der Waals surface area (Å²) in [6.45, 7) is 0.380. The largest absolute Gasteiger partial charge is 0.279 e. The molecule has 0 aliphatic carbocycles. The number of aromatic nitrogens is 2. The van der Waals surface area contributed by atoms with Crippen molar-refractivity contribution >= 4 is 42.6 Å². The molecule has 3 aromatic carbocycles. The van der Waals surface area contributed by atoms with E-state index in [2.05, 4.69) is 9.97 Å². The number of thiazole rings is 1. The number of anilines is 1. The van der Waals surface area contributed by atoms with Crippen molar-refractivity contribution in [3.05, 3.63) is 120 Å². The van der Waals surface area contributed by atoms with E-state index < -0.39 is 21.7 Å². The Morgan fingerprint density at radius 3 is 2.32 bits per heavy atom. The number of fused-ring (bicyclic) bond motifs is 1. The van der Waals surface area contributed by atoms with Gasteiger partial charge in [0, 0.05) is 31.5 Å². The van der Waals surface area contributed by atoms with Crippen molar-refractivity contribution < 1.29 is 17.6 Å². The van der Waals surface area contributed by atoms with Crippen molar-refractivity contribution in [2.24, 2.45) is 0 Å². The van der Waals surface area contributed by atoms with E-state index in [0.29, 0.717) is 9.83 Å². The number of amides is 1. The van der Waals surface area contributed by atoms with Crippen molar-refractivity contribution in [1.29, 1.82) is 0 Å². The van der Waals surface area contributed by atoms with Crippen LogP contribution in [0.5, 0.6) is 0 Å². The minimum Gasteiger partial charge on any atom is -0.279 e. The zero-order valence-corrected chi connectivity index (χ0v) is 22.0. The van der Waals surface area contributed by atoms with Crippen LogP contribution in [0.2, 0.25) is 0 Å². The normalized spacial score (nSPS) is 11.7. The molecule has 192 valence electrons. The molecule has 0 aliphatic rings. The number of para-hydroxylation sites is 1. The molecule has 2 heterocycles. The first-order valence-corrected chi connectivity index (χ1v) is 13.9. The van der Waals surface area contributed by atoms with Gasteiger partial charge in [-0.25, -0.2) is 17.8 Å². The SMILES string of the molecule is CN(Cc1ccccc1)S(=O)(=O)c1ccc(C(=O)N(Cc2cccnc2)c2nc3c(F)cccc3s2)cc1. The van der Waals surface area contributed by atoms with Crippen molar-refractivity contribution in [3.8, 4) is 0 Å². The molecular weight excluding hydrogens is 523 g/mol. The highest BCUT2D eigenvalue weighted by atomic mass is 32.2. The van der Waals surface area contributed by atoms with Crippen LogP contribution in [0, 0.1) is 5.82 Å². The van der Waals surface area contributed by atoms with Crippen molar-refractivity contribution in [1.82, 2.24) is 14.3 Å². The molecule has 0 unspecified atom stereocenters. The summed E-state index contributed by atoms with van der Waals surface area (Å²) in [6, 6.07) is 23.4. The summed E-state index contributed by atoms with van der Waals surface area (Å²) >= 11 is 1.21. The van der Waals surface area contributed by atoms with Crippen molar-refractivity contribution in [2.75, 3.05) is 11.9 Å². The van der Waals surface area contributed by atoms with Crippen molar-refractivity contribution in [3.63, 3.8) is 0 Å². The fraction of sp³-hybridized carbons (Fsp3) is 0.107. The molecule has 7 nitrogen and oxygen atoms in total. The average molecular weight is 547 g/mol. The Balaban J connectivity index is 1.44. The number of sulfonamides is 1. The molecule has 0 aliphatic heterocycles. The van der Waals surface area contributed by atoms with Gasteiger partial charge in [-0.1, -0.05) is 53.8 Å². The standard InChI is InChI=1S/C28H23FN4O3S2/c1-32(18-20-7-3-2-4-8-20)38(35,36)23-14-12-22(13-15-23)27(34)33(19-21-9-6-16-30-17-21)28-31-26-24(29)10-5-11-25(26)37-28/h2-17H,18-19H2,1H3. The van der Waals surface area contributed by atoms with E-state index in [-0.39, 0.29) is 29.1 Å². The highest BCUT2D eigenvalue weighted by molar-refractivity contribution is 7.89. The van der Waals surface area contributed by atoms with Gasteiger partial charge in [0.05, 0.1) is 16.1 Å². The number of halogens is 1. The maximum absolute atomic E-state index is 14.3. The van der Waals surface area contributed by atoms with Crippen LogP contribution < -0.4 is 4.90 Å². The molecule has 10 heteroatoms. The fourth-order valence-corrected chi connectivity index (χ4v) is 6.09.